The van der Waals surface area contributed by atoms with Crippen LogP contribution in [0.3, 0.4) is 0 Å². The van der Waals surface area contributed by atoms with Crippen molar-refractivity contribution in [2.75, 3.05) is 0 Å². The smallest absolute Gasteiger partial charge is 0.123 e. The first-order chi connectivity index (χ1) is 15.9. The summed E-state index contributed by atoms with van der Waals surface area (Å²) in [5, 5.41) is 50.6. The van der Waals surface area contributed by atoms with E-state index in [1.54, 1.807) is 66.7 Å². The van der Waals surface area contributed by atoms with Crippen molar-refractivity contribution in [2.45, 2.75) is 25.7 Å². The van der Waals surface area contributed by atoms with Gasteiger partial charge in [0.25, 0.3) is 0 Å². The van der Waals surface area contributed by atoms with E-state index >= 15 is 0 Å². The second kappa shape index (κ2) is 9.57. The first kappa shape index (κ1) is 22.1. The van der Waals surface area contributed by atoms with Crippen LogP contribution in [0.1, 0.15) is 33.4 Å². The Labute approximate surface area is 192 Å². The zero-order valence-electron chi connectivity index (χ0n) is 18.1. The van der Waals surface area contributed by atoms with E-state index in [1.165, 1.54) is 6.07 Å². The quantitative estimate of drug-likeness (QED) is 0.271. The highest BCUT2D eigenvalue weighted by Gasteiger charge is 2.19. The lowest BCUT2D eigenvalue weighted by Gasteiger charge is -2.19. The van der Waals surface area contributed by atoms with Crippen molar-refractivity contribution < 1.29 is 25.5 Å². The number of aryl methyl sites for hydroxylation is 1. The number of benzene rings is 4. The number of rotatable bonds is 7. The number of aromatic hydroxyl groups is 5. The molecule has 33 heavy (non-hydrogen) atoms. The maximum Gasteiger partial charge on any atom is 0.123 e. The van der Waals surface area contributed by atoms with Gasteiger partial charge in [-0.15, -0.1) is 0 Å². The molecular weight excluding hydrogens is 416 g/mol. The Kier molecular flexibility index (Phi) is 6.41. The normalized spacial score (nSPS) is 10.9. The lowest BCUT2D eigenvalue weighted by atomic mass is 9.87. The summed E-state index contributed by atoms with van der Waals surface area (Å²) in [5.41, 5.74) is 5.06. The van der Waals surface area contributed by atoms with E-state index < -0.39 is 0 Å². The fourth-order valence-electron chi connectivity index (χ4n) is 4.11. The molecule has 0 aromatic heterocycles. The van der Waals surface area contributed by atoms with Crippen LogP contribution >= 0.6 is 0 Å². The number of phenolic OH excluding ortho intramolecular Hbond substituents is 5. The molecule has 4 aromatic rings. The summed E-state index contributed by atoms with van der Waals surface area (Å²) >= 11 is 0. The van der Waals surface area contributed by atoms with Crippen molar-refractivity contribution in [3.8, 4) is 28.7 Å². The summed E-state index contributed by atoms with van der Waals surface area (Å²) in [6.07, 6.45) is 2.03. The summed E-state index contributed by atoms with van der Waals surface area (Å²) in [6.45, 7) is 0. The molecule has 0 radical (unpaired) electrons. The van der Waals surface area contributed by atoms with Gasteiger partial charge in [-0.3, -0.25) is 0 Å². The van der Waals surface area contributed by atoms with Gasteiger partial charge in [0.1, 0.15) is 28.7 Å². The van der Waals surface area contributed by atoms with Crippen molar-refractivity contribution in [3.05, 3.63) is 112 Å². The maximum absolute atomic E-state index is 10.8. The number of hydrogen-bond donors (Lipinski definition) is 5. The molecule has 5 N–H and O–H groups in total. The molecule has 0 saturated heterocycles. The third-order valence-corrected chi connectivity index (χ3v) is 5.83. The first-order valence-corrected chi connectivity index (χ1v) is 10.8. The molecule has 5 heteroatoms. The molecule has 0 aliphatic carbocycles. The van der Waals surface area contributed by atoms with Crippen LogP contribution in [0.4, 0.5) is 0 Å². The molecule has 0 aliphatic rings. The Balaban J connectivity index is 1.75. The Hall–Kier alpha value is -4.12. The average Bonchev–Trinajstić information content (AvgIpc) is 2.79. The number of hydrogen-bond acceptors (Lipinski definition) is 5. The fourth-order valence-corrected chi connectivity index (χ4v) is 4.11. The third-order valence-electron chi connectivity index (χ3n) is 5.83. The van der Waals surface area contributed by atoms with Crippen molar-refractivity contribution in [1.29, 1.82) is 0 Å². The topological polar surface area (TPSA) is 101 Å². The number of phenols is 5. The summed E-state index contributed by atoms with van der Waals surface area (Å²) in [7, 11) is 0. The first-order valence-electron chi connectivity index (χ1n) is 10.8. The van der Waals surface area contributed by atoms with Crippen LogP contribution in [0.15, 0.2) is 78.9 Å². The van der Waals surface area contributed by atoms with Gasteiger partial charge in [-0.25, -0.2) is 0 Å². The molecule has 168 valence electrons. The molecule has 4 rings (SSSR count). The summed E-state index contributed by atoms with van der Waals surface area (Å²) < 4.78 is 0. The summed E-state index contributed by atoms with van der Waals surface area (Å²) in [4.78, 5) is 0. The minimum absolute atomic E-state index is 0.0148. The SMILES string of the molecule is Oc1ccc(Cc2c(O)cc(O)c(Cc3ccc(O)cc3)c2CCc2cccc(O)c2)cc1. The molecule has 0 aliphatic heterocycles. The van der Waals surface area contributed by atoms with E-state index in [4.69, 9.17) is 0 Å². The second-order valence-electron chi connectivity index (χ2n) is 8.21. The lowest BCUT2D eigenvalue weighted by molar-refractivity contribution is 0.441. The fraction of sp³-hybridized carbons (Fsp3) is 0.143. The van der Waals surface area contributed by atoms with Crippen molar-refractivity contribution >= 4 is 0 Å². The third kappa shape index (κ3) is 5.39. The molecule has 0 unspecified atom stereocenters. The van der Waals surface area contributed by atoms with Crippen LogP contribution in [-0.2, 0) is 25.7 Å². The van der Waals surface area contributed by atoms with Gasteiger partial charge < -0.3 is 25.5 Å². The van der Waals surface area contributed by atoms with E-state index in [2.05, 4.69) is 0 Å². The molecule has 0 heterocycles. The van der Waals surface area contributed by atoms with Crippen LogP contribution < -0.4 is 0 Å². The lowest BCUT2D eigenvalue weighted by Crippen LogP contribution is -2.05. The Morgan fingerprint density at radius 3 is 1.42 bits per heavy atom. The Morgan fingerprint density at radius 1 is 0.424 bits per heavy atom. The van der Waals surface area contributed by atoms with Crippen LogP contribution in [0, 0.1) is 0 Å². The standard InChI is InChI=1S/C28H26O5/c29-21-9-4-19(5-10-21)15-25-24(13-8-18-2-1-3-23(31)14-18)26(28(33)17-27(25)32)16-20-6-11-22(30)12-7-20/h1-7,9-12,14,17,29-33H,8,13,15-16H2. The molecule has 0 amide bonds. The van der Waals surface area contributed by atoms with Crippen LogP contribution in [0.5, 0.6) is 28.7 Å². The van der Waals surface area contributed by atoms with Gasteiger partial charge in [0.2, 0.25) is 0 Å². The summed E-state index contributed by atoms with van der Waals surface area (Å²) in [5.74, 6) is 0.568. The molecular formula is C28H26O5. The molecule has 4 aromatic carbocycles. The van der Waals surface area contributed by atoms with Gasteiger partial charge in [0.15, 0.2) is 0 Å². The second-order valence-corrected chi connectivity index (χ2v) is 8.21. The van der Waals surface area contributed by atoms with E-state index in [1.807, 2.05) is 6.07 Å². The van der Waals surface area contributed by atoms with Crippen LogP contribution in [0.25, 0.3) is 0 Å². The Bertz CT molecular complexity index is 1170. The van der Waals surface area contributed by atoms with Gasteiger partial charge in [-0.1, -0.05) is 36.4 Å². The van der Waals surface area contributed by atoms with Gasteiger partial charge in [0.05, 0.1) is 0 Å². The van der Waals surface area contributed by atoms with E-state index in [9.17, 15) is 25.5 Å². The highest BCUT2D eigenvalue weighted by molar-refractivity contribution is 5.55. The Morgan fingerprint density at radius 2 is 0.939 bits per heavy atom. The molecule has 0 fully saturated rings. The van der Waals surface area contributed by atoms with Crippen molar-refractivity contribution in [2.24, 2.45) is 0 Å². The van der Waals surface area contributed by atoms with Crippen LogP contribution in [0.2, 0.25) is 0 Å². The molecule has 0 atom stereocenters. The van der Waals surface area contributed by atoms with Gasteiger partial charge in [-0.05, 0) is 71.5 Å². The largest absolute Gasteiger partial charge is 0.508 e. The van der Waals surface area contributed by atoms with Crippen molar-refractivity contribution in [1.82, 2.24) is 0 Å². The molecule has 0 spiro atoms. The predicted molar refractivity (Wildman–Crippen MR) is 127 cm³/mol. The minimum Gasteiger partial charge on any atom is -0.508 e. The predicted octanol–water partition coefficient (Wildman–Crippen LogP) is 5.18. The monoisotopic (exact) mass is 442 g/mol. The van der Waals surface area contributed by atoms with Crippen molar-refractivity contribution in [3.63, 3.8) is 0 Å². The molecule has 0 saturated carbocycles. The zero-order chi connectivity index (χ0) is 23.4. The molecule has 0 bridgehead atoms. The van der Waals surface area contributed by atoms with Gasteiger partial charge in [-0.2, -0.15) is 0 Å². The highest BCUT2D eigenvalue weighted by atomic mass is 16.3. The summed E-state index contributed by atoms with van der Waals surface area (Å²) in [6, 6.07) is 22.1. The maximum atomic E-state index is 10.8. The van der Waals surface area contributed by atoms with Gasteiger partial charge >= 0.3 is 0 Å². The van der Waals surface area contributed by atoms with E-state index in [0.717, 1.165) is 22.3 Å². The van der Waals surface area contributed by atoms with Gasteiger partial charge in [0, 0.05) is 30.0 Å². The van der Waals surface area contributed by atoms with Crippen LogP contribution in [-0.4, -0.2) is 25.5 Å². The molecule has 5 nitrogen and oxygen atoms in total. The highest BCUT2D eigenvalue weighted by Crippen LogP contribution is 2.36. The average molecular weight is 443 g/mol. The van der Waals surface area contributed by atoms with E-state index in [-0.39, 0.29) is 28.7 Å². The zero-order valence-corrected chi connectivity index (χ0v) is 18.1. The van der Waals surface area contributed by atoms with E-state index in [0.29, 0.717) is 36.8 Å². The minimum atomic E-state index is 0.0148.